The normalized spacial score (nSPS) is 10.4. The molecule has 0 atom stereocenters. The van der Waals surface area contributed by atoms with Crippen LogP contribution < -0.4 is 9.47 Å². The van der Waals surface area contributed by atoms with Crippen molar-refractivity contribution in [3.8, 4) is 11.5 Å². The second kappa shape index (κ2) is 9.49. The van der Waals surface area contributed by atoms with Gasteiger partial charge in [-0.3, -0.25) is 4.79 Å². The van der Waals surface area contributed by atoms with Crippen LogP contribution in [0.15, 0.2) is 54.7 Å². The number of esters is 1. The van der Waals surface area contributed by atoms with Gasteiger partial charge in [0.2, 0.25) is 5.78 Å². The van der Waals surface area contributed by atoms with Gasteiger partial charge in [-0.15, -0.1) is 0 Å². The quantitative estimate of drug-likeness (QED) is 0.401. The zero-order chi connectivity index (χ0) is 20.8. The van der Waals surface area contributed by atoms with Gasteiger partial charge in [0.1, 0.15) is 6.61 Å². The number of aromatic amines is 1. The van der Waals surface area contributed by atoms with Gasteiger partial charge in [0.25, 0.3) is 0 Å². The van der Waals surface area contributed by atoms with Gasteiger partial charge in [-0.25, -0.2) is 4.79 Å². The first-order valence-electron chi connectivity index (χ1n) is 8.56. The van der Waals surface area contributed by atoms with Crippen molar-refractivity contribution in [2.45, 2.75) is 6.61 Å². The van der Waals surface area contributed by atoms with Gasteiger partial charge in [-0.1, -0.05) is 29.3 Å². The second-order valence-corrected chi connectivity index (χ2v) is 6.82. The lowest BCUT2D eigenvalue weighted by atomic mass is 10.2. The Morgan fingerprint density at radius 2 is 1.86 bits per heavy atom. The number of rotatable bonds is 8. The van der Waals surface area contributed by atoms with Crippen LogP contribution in [-0.2, 0) is 11.3 Å². The van der Waals surface area contributed by atoms with Crippen LogP contribution in [-0.4, -0.2) is 30.5 Å². The Bertz CT molecular complexity index is 1020. The number of halogens is 2. The molecule has 0 spiro atoms. The summed E-state index contributed by atoms with van der Waals surface area (Å²) in [4.78, 5) is 26.9. The number of Topliss-reactive ketones (excluding diaryl/α,β-unsaturated/α-hetero) is 1. The van der Waals surface area contributed by atoms with Crippen molar-refractivity contribution in [2.24, 2.45) is 0 Å². The molecule has 6 nitrogen and oxygen atoms in total. The number of H-pyrrole nitrogens is 1. The number of ether oxygens (including phenoxy) is 3. The first-order chi connectivity index (χ1) is 14.0. The van der Waals surface area contributed by atoms with Crippen molar-refractivity contribution in [1.29, 1.82) is 0 Å². The van der Waals surface area contributed by atoms with Crippen LogP contribution >= 0.6 is 23.2 Å². The molecule has 1 aromatic heterocycles. The highest BCUT2D eigenvalue weighted by molar-refractivity contribution is 6.35. The monoisotopic (exact) mass is 433 g/mol. The molecule has 0 unspecified atom stereocenters. The van der Waals surface area contributed by atoms with Gasteiger partial charge in [0.15, 0.2) is 18.1 Å². The Morgan fingerprint density at radius 1 is 1.03 bits per heavy atom. The van der Waals surface area contributed by atoms with Crippen LogP contribution in [0.4, 0.5) is 0 Å². The van der Waals surface area contributed by atoms with Crippen LogP contribution in [0.2, 0.25) is 10.0 Å². The minimum atomic E-state index is -0.643. The predicted molar refractivity (Wildman–Crippen MR) is 109 cm³/mol. The zero-order valence-corrected chi connectivity index (χ0v) is 16.9. The van der Waals surface area contributed by atoms with E-state index in [0.29, 0.717) is 27.2 Å². The van der Waals surface area contributed by atoms with Crippen molar-refractivity contribution >= 4 is 35.0 Å². The summed E-state index contributed by atoms with van der Waals surface area (Å²) in [5.41, 5.74) is 1.36. The molecule has 1 heterocycles. The number of hydrogen-bond donors (Lipinski definition) is 1. The number of hydrogen-bond acceptors (Lipinski definition) is 5. The molecule has 0 fully saturated rings. The van der Waals surface area contributed by atoms with Crippen LogP contribution in [0.25, 0.3) is 0 Å². The third kappa shape index (κ3) is 5.31. The van der Waals surface area contributed by atoms with Gasteiger partial charge in [-0.2, -0.15) is 0 Å². The summed E-state index contributed by atoms with van der Waals surface area (Å²) in [6.07, 6.45) is 1.62. The third-order valence-corrected chi connectivity index (χ3v) is 4.62. The topological polar surface area (TPSA) is 77.6 Å². The summed E-state index contributed by atoms with van der Waals surface area (Å²) in [6.45, 7) is -0.171. The van der Waals surface area contributed by atoms with E-state index in [2.05, 4.69) is 4.98 Å². The van der Waals surface area contributed by atoms with E-state index in [-0.39, 0.29) is 24.6 Å². The maximum Gasteiger partial charge on any atom is 0.338 e. The van der Waals surface area contributed by atoms with Crippen LogP contribution in [0.5, 0.6) is 11.5 Å². The molecule has 3 aromatic rings. The van der Waals surface area contributed by atoms with E-state index in [0.717, 1.165) is 5.56 Å². The minimum Gasteiger partial charge on any atom is -0.493 e. The van der Waals surface area contributed by atoms with Gasteiger partial charge < -0.3 is 19.2 Å². The highest BCUT2D eigenvalue weighted by Crippen LogP contribution is 2.30. The molecule has 1 N–H and O–H groups in total. The molecule has 0 aliphatic carbocycles. The van der Waals surface area contributed by atoms with Crippen molar-refractivity contribution < 1.29 is 23.8 Å². The van der Waals surface area contributed by atoms with E-state index in [1.165, 1.54) is 19.2 Å². The second-order valence-electron chi connectivity index (χ2n) is 5.97. The van der Waals surface area contributed by atoms with Crippen LogP contribution in [0.3, 0.4) is 0 Å². The molecule has 0 aliphatic heterocycles. The number of benzene rings is 2. The maximum absolute atomic E-state index is 12.2. The molecule has 0 saturated carbocycles. The van der Waals surface area contributed by atoms with E-state index in [9.17, 15) is 9.59 Å². The third-order valence-electron chi connectivity index (χ3n) is 4.03. The summed E-state index contributed by atoms with van der Waals surface area (Å²) in [5.74, 6) is -0.191. The lowest BCUT2D eigenvalue weighted by Crippen LogP contribution is -2.14. The Morgan fingerprint density at radius 3 is 2.55 bits per heavy atom. The van der Waals surface area contributed by atoms with E-state index in [1.807, 2.05) is 0 Å². The molecule has 0 aliphatic rings. The van der Waals surface area contributed by atoms with Crippen LogP contribution in [0.1, 0.15) is 26.4 Å². The van der Waals surface area contributed by atoms with Gasteiger partial charge in [0.05, 0.1) is 18.4 Å². The van der Waals surface area contributed by atoms with E-state index >= 15 is 0 Å². The average molecular weight is 434 g/mol. The Hall–Kier alpha value is -2.96. The molecule has 2 aromatic carbocycles. The molecule has 150 valence electrons. The SMILES string of the molecule is COc1cc(C(=O)OCC(=O)c2ccc[nH]2)ccc1OCc1ccc(Cl)cc1Cl. The number of ketones is 1. The van der Waals surface area contributed by atoms with Gasteiger partial charge in [-0.05, 0) is 42.5 Å². The smallest absolute Gasteiger partial charge is 0.338 e. The number of carbonyl (C=O) groups excluding carboxylic acids is 2. The Kier molecular flexibility index (Phi) is 6.80. The van der Waals surface area contributed by atoms with Crippen molar-refractivity contribution in [2.75, 3.05) is 13.7 Å². The first-order valence-corrected chi connectivity index (χ1v) is 9.32. The van der Waals surface area contributed by atoms with Crippen molar-refractivity contribution in [3.05, 3.63) is 81.6 Å². The molecule has 0 radical (unpaired) electrons. The number of aromatic nitrogens is 1. The number of nitrogens with one attached hydrogen (secondary N) is 1. The average Bonchev–Trinajstić information content (AvgIpc) is 3.26. The molecular weight excluding hydrogens is 417 g/mol. The summed E-state index contributed by atoms with van der Waals surface area (Å²) in [5, 5.41) is 1.03. The van der Waals surface area contributed by atoms with E-state index in [4.69, 9.17) is 37.4 Å². The van der Waals surface area contributed by atoms with Crippen LogP contribution in [0, 0.1) is 0 Å². The van der Waals surface area contributed by atoms with E-state index in [1.54, 1.807) is 42.6 Å². The molecule has 0 saturated heterocycles. The largest absolute Gasteiger partial charge is 0.493 e. The fourth-order valence-corrected chi connectivity index (χ4v) is 2.97. The molecule has 3 rings (SSSR count). The first kappa shape index (κ1) is 20.8. The number of carbonyl (C=O) groups is 2. The van der Waals surface area contributed by atoms with E-state index < -0.39 is 5.97 Å². The summed E-state index contributed by atoms with van der Waals surface area (Å²) >= 11 is 12.0. The lowest BCUT2D eigenvalue weighted by Gasteiger charge is -2.13. The minimum absolute atomic E-state index is 0.195. The van der Waals surface area contributed by atoms with Gasteiger partial charge in [0, 0.05) is 21.8 Å². The van der Waals surface area contributed by atoms with Gasteiger partial charge >= 0.3 is 5.97 Å². The fraction of sp³-hybridized carbons (Fsp3) is 0.143. The molecule has 0 amide bonds. The highest BCUT2D eigenvalue weighted by atomic mass is 35.5. The summed E-state index contributed by atoms with van der Waals surface area (Å²) in [6, 6.07) is 13.0. The predicted octanol–water partition coefficient (Wildman–Crippen LogP) is 4.95. The molecular formula is C21H17Cl2NO5. The number of methoxy groups -OCH3 is 1. The Balaban J connectivity index is 1.64. The summed E-state index contributed by atoms with van der Waals surface area (Å²) < 4.78 is 16.1. The highest BCUT2D eigenvalue weighted by Gasteiger charge is 2.15. The van der Waals surface area contributed by atoms with Crippen molar-refractivity contribution in [3.63, 3.8) is 0 Å². The maximum atomic E-state index is 12.2. The molecule has 0 bridgehead atoms. The molecule has 29 heavy (non-hydrogen) atoms. The summed E-state index contributed by atoms with van der Waals surface area (Å²) in [7, 11) is 1.46. The fourth-order valence-electron chi connectivity index (χ4n) is 2.50. The Labute approximate surface area is 177 Å². The molecule has 8 heteroatoms. The lowest BCUT2D eigenvalue weighted by molar-refractivity contribution is 0.0473. The standard InChI is InChI=1S/C21H17Cl2NO5/c1-27-20-9-13(21(26)29-12-18(25)17-3-2-8-24-17)5-7-19(20)28-11-14-4-6-15(22)10-16(14)23/h2-10,24H,11-12H2,1H3. The zero-order valence-electron chi connectivity index (χ0n) is 15.4. The van der Waals surface area contributed by atoms with Crippen molar-refractivity contribution in [1.82, 2.24) is 4.98 Å².